The first kappa shape index (κ1) is 25.4. The Morgan fingerprint density at radius 2 is 1.92 bits per heavy atom. The van der Waals surface area contributed by atoms with E-state index in [0.29, 0.717) is 17.7 Å². The van der Waals surface area contributed by atoms with Gasteiger partial charge in [0.2, 0.25) is 5.89 Å². The molecule has 188 valence electrons. The number of methoxy groups -OCH3 is 1. The maximum absolute atomic E-state index is 15.0. The molecule has 1 unspecified atom stereocenters. The van der Waals surface area contributed by atoms with E-state index in [1.54, 1.807) is 29.1 Å². The minimum atomic E-state index is -1.58. The van der Waals surface area contributed by atoms with Crippen molar-refractivity contribution in [2.45, 2.75) is 25.7 Å². The Kier molecular flexibility index (Phi) is 7.73. The summed E-state index contributed by atoms with van der Waals surface area (Å²) in [5, 5.41) is 7.61. The Labute approximate surface area is 209 Å². The second-order valence-corrected chi connectivity index (χ2v) is 8.35. The van der Waals surface area contributed by atoms with Crippen molar-refractivity contribution in [2.24, 2.45) is 0 Å². The van der Waals surface area contributed by atoms with Gasteiger partial charge in [-0.2, -0.15) is 0 Å². The van der Waals surface area contributed by atoms with E-state index in [9.17, 15) is 13.2 Å². The lowest BCUT2D eigenvalue weighted by Gasteiger charge is -2.13. The third-order valence-electron chi connectivity index (χ3n) is 5.47. The Morgan fingerprint density at radius 3 is 2.56 bits per heavy atom. The van der Waals surface area contributed by atoms with Crippen molar-refractivity contribution in [1.29, 1.82) is 0 Å². The highest BCUT2D eigenvalue weighted by Crippen LogP contribution is 2.33. The van der Waals surface area contributed by atoms with E-state index in [1.807, 2.05) is 13.1 Å². The third-order valence-corrected chi connectivity index (χ3v) is 5.73. The molecular formula is C25H21ClF4N4O2. The number of hydrogen-bond acceptors (Lipinski definition) is 5. The standard InChI is InChI=1S/C25H21ClF4N4O2/c1-14-12-34(13-31-14)21-6-5-15(9-22(21)35-2)8-20(29)25-33-32-24(36-25)17(4-3-7-26)16-10-18(27)23(30)19(28)11-16/h5-6,8-13,17H,3-4,7H2,1-2H3/b20-8-. The highest BCUT2D eigenvalue weighted by atomic mass is 35.5. The number of alkyl halides is 1. The third kappa shape index (κ3) is 5.43. The summed E-state index contributed by atoms with van der Waals surface area (Å²) in [5.74, 6) is -5.67. The van der Waals surface area contributed by atoms with Crippen molar-refractivity contribution in [3.05, 3.63) is 88.9 Å². The molecule has 0 saturated heterocycles. The van der Waals surface area contributed by atoms with Crippen LogP contribution >= 0.6 is 11.6 Å². The number of aromatic nitrogens is 4. The maximum atomic E-state index is 15.0. The fourth-order valence-electron chi connectivity index (χ4n) is 3.72. The average Bonchev–Trinajstić information content (AvgIpc) is 3.52. The summed E-state index contributed by atoms with van der Waals surface area (Å²) in [4.78, 5) is 4.19. The predicted molar refractivity (Wildman–Crippen MR) is 126 cm³/mol. The second kappa shape index (κ2) is 10.9. The van der Waals surface area contributed by atoms with Gasteiger partial charge in [0.25, 0.3) is 5.89 Å². The van der Waals surface area contributed by atoms with Gasteiger partial charge in [-0.25, -0.2) is 22.5 Å². The van der Waals surface area contributed by atoms with Crippen LogP contribution in [0.5, 0.6) is 5.75 Å². The van der Waals surface area contributed by atoms with Gasteiger partial charge in [-0.15, -0.1) is 21.8 Å². The number of halogens is 5. The number of rotatable bonds is 9. The van der Waals surface area contributed by atoms with Gasteiger partial charge in [0.05, 0.1) is 30.7 Å². The Morgan fingerprint density at radius 1 is 1.17 bits per heavy atom. The van der Waals surface area contributed by atoms with E-state index in [4.69, 9.17) is 20.8 Å². The summed E-state index contributed by atoms with van der Waals surface area (Å²) in [6, 6.07) is 6.76. The molecule has 0 amide bonds. The summed E-state index contributed by atoms with van der Waals surface area (Å²) < 4.78 is 68.8. The SMILES string of the molecule is COc1cc(/C=C(\F)c2nnc(C(CCCCl)c3cc(F)c(F)c(F)c3)o2)ccc1-n1cnc(C)c1. The minimum absolute atomic E-state index is 0.0752. The zero-order valence-corrected chi connectivity index (χ0v) is 20.1. The molecular weight excluding hydrogens is 500 g/mol. The number of nitrogens with zero attached hydrogens (tertiary/aromatic N) is 4. The molecule has 0 aliphatic carbocycles. The van der Waals surface area contributed by atoms with E-state index in [1.165, 1.54) is 13.2 Å². The smallest absolute Gasteiger partial charge is 0.276 e. The number of benzene rings is 2. The molecule has 1 atom stereocenters. The van der Waals surface area contributed by atoms with Crippen molar-refractivity contribution < 1.29 is 26.7 Å². The van der Waals surface area contributed by atoms with E-state index in [0.717, 1.165) is 23.5 Å². The molecule has 0 spiro atoms. The predicted octanol–water partition coefficient (Wildman–Crippen LogP) is 6.61. The first-order valence-corrected chi connectivity index (χ1v) is 11.4. The zero-order valence-electron chi connectivity index (χ0n) is 19.3. The molecule has 11 heteroatoms. The molecule has 0 radical (unpaired) electrons. The molecule has 4 aromatic rings. The van der Waals surface area contributed by atoms with E-state index in [2.05, 4.69) is 15.2 Å². The number of aryl methyl sites for hydroxylation is 1. The fraction of sp³-hybridized carbons (Fsp3) is 0.240. The van der Waals surface area contributed by atoms with Gasteiger partial charge in [-0.1, -0.05) is 6.07 Å². The largest absolute Gasteiger partial charge is 0.495 e. The molecule has 36 heavy (non-hydrogen) atoms. The molecule has 2 heterocycles. The summed E-state index contributed by atoms with van der Waals surface area (Å²) in [5.41, 5.74) is 2.09. The first-order chi connectivity index (χ1) is 17.3. The monoisotopic (exact) mass is 520 g/mol. The molecule has 2 aromatic carbocycles. The Hall–Kier alpha value is -3.66. The normalized spacial score (nSPS) is 12.7. The minimum Gasteiger partial charge on any atom is -0.495 e. The van der Waals surface area contributed by atoms with Crippen LogP contribution in [0, 0.1) is 24.4 Å². The topological polar surface area (TPSA) is 66.0 Å². The zero-order chi connectivity index (χ0) is 25.8. The number of hydrogen-bond donors (Lipinski definition) is 0. The van der Waals surface area contributed by atoms with Gasteiger partial charge < -0.3 is 13.7 Å². The van der Waals surface area contributed by atoms with Gasteiger partial charge in [0.1, 0.15) is 5.75 Å². The van der Waals surface area contributed by atoms with Gasteiger partial charge in [0, 0.05) is 12.1 Å². The van der Waals surface area contributed by atoms with Crippen molar-refractivity contribution in [3.8, 4) is 11.4 Å². The van der Waals surface area contributed by atoms with E-state index >= 15 is 4.39 Å². The van der Waals surface area contributed by atoms with Crippen LogP contribution in [0.1, 0.15) is 47.4 Å². The molecule has 0 bridgehead atoms. The summed E-state index contributed by atoms with van der Waals surface area (Å²) in [6.07, 6.45) is 5.36. The Balaban J connectivity index is 1.63. The van der Waals surface area contributed by atoms with Crippen LogP contribution in [0.2, 0.25) is 0 Å². The first-order valence-electron chi connectivity index (χ1n) is 10.9. The van der Waals surface area contributed by atoms with Crippen LogP contribution in [-0.2, 0) is 0 Å². The lowest BCUT2D eigenvalue weighted by Crippen LogP contribution is -2.05. The van der Waals surface area contributed by atoms with Crippen LogP contribution in [-0.4, -0.2) is 32.7 Å². The molecule has 4 rings (SSSR count). The molecule has 0 fully saturated rings. The van der Waals surface area contributed by atoms with Gasteiger partial charge in [-0.3, -0.25) is 0 Å². The highest BCUT2D eigenvalue weighted by molar-refractivity contribution is 6.17. The summed E-state index contributed by atoms with van der Waals surface area (Å²) in [6.45, 7) is 1.86. The lowest BCUT2D eigenvalue weighted by molar-refractivity contribution is 0.412. The van der Waals surface area contributed by atoms with Crippen molar-refractivity contribution in [1.82, 2.24) is 19.7 Å². The summed E-state index contributed by atoms with van der Waals surface area (Å²) >= 11 is 5.77. The van der Waals surface area contributed by atoms with E-state index in [-0.39, 0.29) is 23.8 Å². The number of ether oxygens (including phenoxy) is 1. The Bertz CT molecular complexity index is 1380. The quantitative estimate of drug-likeness (QED) is 0.141. The molecule has 0 aliphatic heterocycles. The number of imidazole rings is 1. The van der Waals surface area contributed by atoms with Gasteiger partial charge in [0.15, 0.2) is 23.3 Å². The van der Waals surface area contributed by atoms with Crippen LogP contribution in [0.15, 0.2) is 47.3 Å². The van der Waals surface area contributed by atoms with Crippen LogP contribution in [0.4, 0.5) is 17.6 Å². The van der Waals surface area contributed by atoms with Crippen LogP contribution in [0.3, 0.4) is 0 Å². The molecule has 0 aliphatic rings. The van der Waals surface area contributed by atoms with Crippen molar-refractivity contribution in [3.63, 3.8) is 0 Å². The highest BCUT2D eigenvalue weighted by Gasteiger charge is 2.25. The molecule has 2 aromatic heterocycles. The fourth-order valence-corrected chi connectivity index (χ4v) is 3.87. The van der Waals surface area contributed by atoms with Crippen molar-refractivity contribution in [2.75, 3.05) is 13.0 Å². The average molecular weight is 521 g/mol. The molecule has 0 saturated carbocycles. The van der Waals surface area contributed by atoms with Gasteiger partial charge >= 0.3 is 0 Å². The van der Waals surface area contributed by atoms with Crippen LogP contribution in [0.25, 0.3) is 17.6 Å². The van der Waals surface area contributed by atoms with Gasteiger partial charge in [-0.05, 0) is 61.2 Å². The molecule has 0 N–H and O–H groups in total. The second-order valence-electron chi connectivity index (χ2n) is 7.97. The maximum Gasteiger partial charge on any atom is 0.276 e. The van der Waals surface area contributed by atoms with Crippen LogP contribution < -0.4 is 4.74 Å². The summed E-state index contributed by atoms with van der Waals surface area (Å²) in [7, 11) is 1.50. The van der Waals surface area contributed by atoms with Crippen molar-refractivity contribution >= 4 is 23.5 Å². The molecule has 6 nitrogen and oxygen atoms in total. The van der Waals surface area contributed by atoms with E-state index < -0.39 is 35.1 Å². The lowest BCUT2D eigenvalue weighted by atomic mass is 9.94.